The lowest BCUT2D eigenvalue weighted by Crippen LogP contribution is -2.33. The minimum Gasteiger partial charge on any atom is -0.324 e. The second-order valence-electron chi connectivity index (χ2n) is 6.02. The van der Waals surface area contributed by atoms with Crippen LogP contribution in [-0.4, -0.2) is 30.1 Å². The lowest BCUT2D eigenvalue weighted by atomic mass is 9.83. The molecule has 1 aliphatic rings. The number of rotatable bonds is 4. The van der Waals surface area contributed by atoms with E-state index < -0.39 is 0 Å². The molecule has 2 aromatic rings. The van der Waals surface area contributed by atoms with Gasteiger partial charge in [-0.2, -0.15) is 0 Å². The van der Waals surface area contributed by atoms with E-state index in [1.165, 1.54) is 0 Å². The maximum Gasteiger partial charge on any atom is 0.238 e. The third kappa shape index (κ3) is 2.86. The predicted molar refractivity (Wildman–Crippen MR) is 91.5 cm³/mol. The fraction of sp³-hybridized carbons (Fsp3) is 0.211. The topological polar surface area (TPSA) is 75.3 Å². The largest absolute Gasteiger partial charge is 0.324 e. The summed E-state index contributed by atoms with van der Waals surface area (Å²) in [5, 5.41) is 5.75. The van der Waals surface area contributed by atoms with Gasteiger partial charge in [-0.25, -0.2) is 0 Å². The van der Waals surface area contributed by atoms with E-state index >= 15 is 0 Å². The molecule has 0 fully saturated rings. The molecule has 0 spiro atoms. The van der Waals surface area contributed by atoms with E-state index in [9.17, 15) is 14.4 Å². The monoisotopic (exact) mass is 322 g/mol. The zero-order valence-corrected chi connectivity index (χ0v) is 13.6. The van der Waals surface area contributed by atoms with Gasteiger partial charge >= 0.3 is 0 Å². The first-order valence-electron chi connectivity index (χ1n) is 7.83. The number of anilines is 1. The Labute approximate surface area is 140 Å². The van der Waals surface area contributed by atoms with Crippen molar-refractivity contribution in [1.82, 2.24) is 5.32 Å². The zero-order valence-electron chi connectivity index (χ0n) is 13.6. The van der Waals surface area contributed by atoms with Crippen LogP contribution in [0.25, 0.3) is 0 Å². The second kappa shape index (κ2) is 6.37. The quantitative estimate of drug-likeness (QED) is 0.773. The third-order valence-electron chi connectivity index (χ3n) is 3.90. The van der Waals surface area contributed by atoms with Crippen molar-refractivity contribution in [2.45, 2.75) is 19.9 Å². The van der Waals surface area contributed by atoms with Crippen molar-refractivity contribution in [2.24, 2.45) is 0 Å². The molecule has 2 N–H and O–H groups in total. The van der Waals surface area contributed by atoms with Crippen LogP contribution in [-0.2, 0) is 4.79 Å². The Bertz CT molecular complexity index is 840. The molecule has 0 aliphatic heterocycles. The predicted octanol–water partition coefficient (Wildman–Crippen LogP) is 2.40. The Morgan fingerprint density at radius 1 is 0.917 bits per heavy atom. The second-order valence-corrected chi connectivity index (χ2v) is 6.02. The number of carbonyl (C=O) groups is 3. The number of carbonyl (C=O) groups excluding carboxylic acids is 3. The molecule has 0 atom stereocenters. The number of fused-ring (bicyclic) bond motifs is 2. The molecule has 0 unspecified atom stereocenters. The van der Waals surface area contributed by atoms with E-state index in [0.29, 0.717) is 22.4 Å². The summed E-state index contributed by atoms with van der Waals surface area (Å²) < 4.78 is 0. The van der Waals surface area contributed by atoms with Crippen LogP contribution < -0.4 is 10.6 Å². The number of benzene rings is 2. The highest BCUT2D eigenvalue weighted by Gasteiger charge is 2.31. The number of amides is 1. The van der Waals surface area contributed by atoms with Gasteiger partial charge in [-0.1, -0.05) is 50.2 Å². The average molecular weight is 322 g/mol. The minimum absolute atomic E-state index is 0.139. The molecule has 0 saturated heterocycles. The lowest BCUT2D eigenvalue weighted by Gasteiger charge is -2.20. The van der Waals surface area contributed by atoms with Gasteiger partial charge in [0.05, 0.1) is 17.8 Å². The third-order valence-corrected chi connectivity index (χ3v) is 3.90. The molecule has 24 heavy (non-hydrogen) atoms. The molecule has 3 rings (SSSR count). The van der Waals surface area contributed by atoms with Crippen LogP contribution in [0, 0.1) is 0 Å². The number of ketones is 2. The van der Waals surface area contributed by atoms with Gasteiger partial charge in [-0.05, 0) is 6.07 Å². The van der Waals surface area contributed by atoms with Crippen molar-refractivity contribution >= 4 is 23.2 Å². The highest BCUT2D eigenvalue weighted by molar-refractivity contribution is 6.30. The molecule has 1 aliphatic carbocycles. The van der Waals surface area contributed by atoms with Gasteiger partial charge in [0.15, 0.2) is 11.6 Å². The Hall–Kier alpha value is -2.79. The van der Waals surface area contributed by atoms with Crippen molar-refractivity contribution in [3.8, 4) is 0 Å². The van der Waals surface area contributed by atoms with E-state index in [1.54, 1.807) is 42.5 Å². The van der Waals surface area contributed by atoms with E-state index in [-0.39, 0.29) is 35.6 Å². The smallest absolute Gasteiger partial charge is 0.238 e. The summed E-state index contributed by atoms with van der Waals surface area (Å²) in [5.41, 5.74) is 1.74. The van der Waals surface area contributed by atoms with Crippen LogP contribution in [0.4, 0.5) is 5.69 Å². The molecule has 0 heterocycles. The Kier molecular flexibility index (Phi) is 4.27. The summed E-state index contributed by atoms with van der Waals surface area (Å²) in [5.74, 6) is -0.694. The highest BCUT2D eigenvalue weighted by atomic mass is 16.2. The first-order valence-corrected chi connectivity index (χ1v) is 7.83. The SMILES string of the molecule is CC(C)NCC(=O)Nc1cccc2c1C(=O)c1ccccc1C2=O. The summed E-state index contributed by atoms with van der Waals surface area (Å²) in [4.78, 5) is 37.5. The van der Waals surface area contributed by atoms with E-state index in [0.717, 1.165) is 0 Å². The highest BCUT2D eigenvalue weighted by Crippen LogP contribution is 2.31. The molecule has 0 radical (unpaired) electrons. The van der Waals surface area contributed by atoms with Gasteiger partial charge in [0.1, 0.15) is 0 Å². The standard InChI is InChI=1S/C19H18N2O3/c1-11(2)20-10-16(22)21-15-9-5-8-14-17(15)19(24)13-7-4-3-6-12(13)18(14)23/h3-9,11,20H,10H2,1-2H3,(H,21,22). The van der Waals surface area contributed by atoms with Gasteiger partial charge in [-0.3, -0.25) is 14.4 Å². The van der Waals surface area contributed by atoms with E-state index in [1.807, 2.05) is 13.8 Å². The molecule has 2 aromatic carbocycles. The van der Waals surface area contributed by atoms with Gasteiger partial charge in [0.2, 0.25) is 5.91 Å². The summed E-state index contributed by atoms with van der Waals surface area (Å²) in [6.45, 7) is 4.02. The summed E-state index contributed by atoms with van der Waals surface area (Å²) in [6.07, 6.45) is 0. The number of hydrogen-bond donors (Lipinski definition) is 2. The molecule has 0 saturated carbocycles. The molecule has 5 heteroatoms. The fourth-order valence-corrected chi connectivity index (χ4v) is 2.74. The van der Waals surface area contributed by atoms with Crippen molar-refractivity contribution < 1.29 is 14.4 Å². The van der Waals surface area contributed by atoms with Crippen molar-refractivity contribution in [2.75, 3.05) is 11.9 Å². The number of hydrogen-bond acceptors (Lipinski definition) is 4. The maximum absolute atomic E-state index is 12.8. The molecular weight excluding hydrogens is 304 g/mol. The van der Waals surface area contributed by atoms with Crippen LogP contribution in [0.1, 0.15) is 45.7 Å². The van der Waals surface area contributed by atoms with Gasteiger partial charge in [-0.15, -0.1) is 0 Å². The molecule has 1 amide bonds. The lowest BCUT2D eigenvalue weighted by molar-refractivity contribution is -0.115. The van der Waals surface area contributed by atoms with Crippen LogP contribution in [0.2, 0.25) is 0 Å². The van der Waals surface area contributed by atoms with Gasteiger partial charge in [0.25, 0.3) is 0 Å². The van der Waals surface area contributed by atoms with Crippen molar-refractivity contribution in [3.05, 3.63) is 64.7 Å². The first-order chi connectivity index (χ1) is 11.5. The Balaban J connectivity index is 1.97. The summed E-state index contributed by atoms with van der Waals surface area (Å²) in [7, 11) is 0. The Morgan fingerprint density at radius 2 is 1.54 bits per heavy atom. The van der Waals surface area contributed by atoms with Crippen molar-refractivity contribution in [3.63, 3.8) is 0 Å². The van der Waals surface area contributed by atoms with Crippen molar-refractivity contribution in [1.29, 1.82) is 0 Å². The van der Waals surface area contributed by atoms with Gasteiger partial charge < -0.3 is 10.6 Å². The molecule has 0 aromatic heterocycles. The summed E-state index contributed by atoms with van der Waals surface area (Å²) in [6, 6.07) is 11.9. The fourth-order valence-electron chi connectivity index (χ4n) is 2.74. The average Bonchev–Trinajstić information content (AvgIpc) is 2.58. The van der Waals surface area contributed by atoms with E-state index in [4.69, 9.17) is 0 Å². The number of nitrogens with one attached hydrogen (secondary N) is 2. The van der Waals surface area contributed by atoms with E-state index in [2.05, 4.69) is 10.6 Å². The molecule has 0 bridgehead atoms. The van der Waals surface area contributed by atoms with Crippen LogP contribution in [0.15, 0.2) is 42.5 Å². The zero-order chi connectivity index (χ0) is 17.3. The maximum atomic E-state index is 12.8. The Morgan fingerprint density at radius 3 is 2.21 bits per heavy atom. The minimum atomic E-state index is -0.254. The normalized spacial score (nSPS) is 12.8. The van der Waals surface area contributed by atoms with Gasteiger partial charge in [0, 0.05) is 22.7 Å². The molecule has 5 nitrogen and oxygen atoms in total. The summed E-state index contributed by atoms with van der Waals surface area (Å²) >= 11 is 0. The molecular formula is C19H18N2O3. The molecule has 122 valence electrons. The van der Waals surface area contributed by atoms with Crippen LogP contribution >= 0.6 is 0 Å². The van der Waals surface area contributed by atoms with Crippen LogP contribution in [0.5, 0.6) is 0 Å². The first kappa shape index (κ1) is 16.1. The van der Waals surface area contributed by atoms with Crippen LogP contribution in [0.3, 0.4) is 0 Å².